The maximum atomic E-state index is 13.2. The van der Waals surface area contributed by atoms with Gasteiger partial charge in [-0.05, 0) is 43.2 Å². The van der Waals surface area contributed by atoms with Crippen molar-refractivity contribution in [3.8, 4) is 0 Å². The van der Waals surface area contributed by atoms with Crippen LogP contribution in [0.4, 0.5) is 0 Å². The van der Waals surface area contributed by atoms with Gasteiger partial charge in [-0.25, -0.2) is 0 Å². The first-order valence-corrected chi connectivity index (χ1v) is 8.54. The van der Waals surface area contributed by atoms with E-state index in [4.69, 9.17) is 0 Å². The number of piperidine rings is 1. The van der Waals surface area contributed by atoms with Crippen LogP contribution in [-0.2, 0) is 4.79 Å². The highest BCUT2D eigenvalue weighted by Gasteiger charge is 2.44. The summed E-state index contributed by atoms with van der Waals surface area (Å²) in [6.07, 6.45) is 6.25. The molecule has 2 heterocycles. The van der Waals surface area contributed by atoms with Crippen LogP contribution >= 0.6 is 0 Å². The summed E-state index contributed by atoms with van der Waals surface area (Å²) in [6.45, 7) is 0. The molecular formula is C22H21NO. The summed E-state index contributed by atoms with van der Waals surface area (Å²) in [6, 6.07) is 20.8. The van der Waals surface area contributed by atoms with Crippen LogP contribution in [0.3, 0.4) is 0 Å². The van der Waals surface area contributed by atoms with E-state index in [-0.39, 0.29) is 17.9 Å². The van der Waals surface area contributed by atoms with E-state index >= 15 is 0 Å². The highest BCUT2D eigenvalue weighted by molar-refractivity contribution is 6.16. The van der Waals surface area contributed by atoms with E-state index in [1.807, 2.05) is 36.4 Å². The van der Waals surface area contributed by atoms with Gasteiger partial charge in [0.1, 0.15) is 0 Å². The number of Topliss-reactive ketones (excluding diaryl/α,β-unsaturated/α-hetero) is 1. The minimum atomic E-state index is 0.216. The average Bonchev–Trinajstić information content (AvgIpc) is 2.93. The molecule has 0 radical (unpaired) electrons. The molecule has 2 aromatic rings. The van der Waals surface area contributed by atoms with Crippen molar-refractivity contribution in [3.05, 3.63) is 82.9 Å². The van der Waals surface area contributed by atoms with Crippen molar-refractivity contribution in [2.24, 2.45) is 0 Å². The Hall–Kier alpha value is -2.45. The van der Waals surface area contributed by atoms with Crippen LogP contribution in [0.1, 0.15) is 24.0 Å². The summed E-state index contributed by atoms with van der Waals surface area (Å²) >= 11 is 0. The lowest BCUT2D eigenvalue weighted by atomic mass is 9.88. The third-order valence-electron chi connectivity index (χ3n) is 5.18. The maximum Gasteiger partial charge on any atom is 0.188 e. The van der Waals surface area contributed by atoms with Crippen LogP contribution in [0.5, 0.6) is 0 Å². The van der Waals surface area contributed by atoms with E-state index in [1.54, 1.807) is 0 Å². The summed E-state index contributed by atoms with van der Waals surface area (Å²) in [7, 11) is 2.15. The highest BCUT2D eigenvalue weighted by Crippen LogP contribution is 2.40. The second kappa shape index (κ2) is 6.21. The Morgan fingerprint density at radius 2 is 1.21 bits per heavy atom. The first-order valence-electron chi connectivity index (χ1n) is 8.54. The highest BCUT2D eigenvalue weighted by atomic mass is 16.1. The standard InChI is InChI=1S/C22H21NO/c1-23-20-12-13-21(23)19(15-17-10-6-3-7-11-17)22(24)18(20)14-16-8-4-2-5-9-16/h2-11,14-15,20-21H,12-13H2,1H3/b18-14-,19-15+/t20-,21+/m1/s1. The molecule has 2 fully saturated rings. The van der Waals surface area contributed by atoms with Crippen molar-refractivity contribution >= 4 is 17.9 Å². The van der Waals surface area contributed by atoms with Gasteiger partial charge in [0.05, 0.1) is 0 Å². The Bertz CT molecular complexity index is 737. The van der Waals surface area contributed by atoms with Crippen molar-refractivity contribution in [2.45, 2.75) is 24.9 Å². The summed E-state index contributed by atoms with van der Waals surface area (Å²) in [5, 5.41) is 0. The molecule has 0 saturated carbocycles. The van der Waals surface area contributed by atoms with Gasteiger partial charge in [0.15, 0.2) is 5.78 Å². The molecule has 2 nitrogen and oxygen atoms in total. The minimum Gasteiger partial charge on any atom is -0.292 e. The molecule has 2 saturated heterocycles. The van der Waals surface area contributed by atoms with Gasteiger partial charge in [-0.2, -0.15) is 0 Å². The number of nitrogens with zero attached hydrogens (tertiary/aromatic N) is 1. The topological polar surface area (TPSA) is 20.3 Å². The molecule has 2 aromatic carbocycles. The van der Waals surface area contributed by atoms with Crippen LogP contribution in [0, 0.1) is 0 Å². The number of ketones is 1. The molecule has 2 heteroatoms. The van der Waals surface area contributed by atoms with Gasteiger partial charge in [-0.15, -0.1) is 0 Å². The average molecular weight is 315 g/mol. The van der Waals surface area contributed by atoms with Gasteiger partial charge in [0.2, 0.25) is 0 Å². The van der Waals surface area contributed by atoms with E-state index < -0.39 is 0 Å². The molecule has 120 valence electrons. The van der Waals surface area contributed by atoms with Crippen LogP contribution < -0.4 is 0 Å². The lowest BCUT2D eigenvalue weighted by molar-refractivity contribution is -0.114. The molecule has 4 rings (SSSR count). The van der Waals surface area contributed by atoms with Gasteiger partial charge >= 0.3 is 0 Å². The number of carbonyl (C=O) groups is 1. The van der Waals surface area contributed by atoms with Crippen LogP contribution in [0.25, 0.3) is 12.2 Å². The van der Waals surface area contributed by atoms with Gasteiger partial charge in [-0.1, -0.05) is 60.7 Å². The van der Waals surface area contributed by atoms with E-state index in [0.717, 1.165) is 35.1 Å². The SMILES string of the molecule is CN1[C@@H]2CC[C@H]1/C(=C\c1ccccc1)C(=O)/C2=C\c1ccccc1. The zero-order valence-electron chi connectivity index (χ0n) is 13.9. The number of likely N-dealkylation sites (N-methyl/N-ethyl adjacent to an activating group) is 1. The monoisotopic (exact) mass is 315 g/mol. The van der Waals surface area contributed by atoms with E-state index in [0.29, 0.717) is 0 Å². The largest absolute Gasteiger partial charge is 0.292 e. The normalized spacial score (nSPS) is 27.1. The van der Waals surface area contributed by atoms with Crippen molar-refractivity contribution in [1.29, 1.82) is 0 Å². The van der Waals surface area contributed by atoms with Crippen molar-refractivity contribution in [1.82, 2.24) is 4.90 Å². The van der Waals surface area contributed by atoms with Gasteiger partial charge in [0, 0.05) is 23.2 Å². The quantitative estimate of drug-likeness (QED) is 0.774. The second-order valence-electron chi connectivity index (χ2n) is 6.62. The lowest BCUT2D eigenvalue weighted by Gasteiger charge is -2.34. The molecule has 2 bridgehead atoms. The molecule has 0 N–H and O–H groups in total. The number of fused-ring (bicyclic) bond motifs is 2. The number of hydrogen-bond acceptors (Lipinski definition) is 2. The summed E-state index contributed by atoms with van der Waals surface area (Å²) < 4.78 is 0. The van der Waals surface area contributed by atoms with Crippen LogP contribution in [-0.4, -0.2) is 29.8 Å². The Kier molecular flexibility index (Phi) is 3.91. The number of rotatable bonds is 2. The smallest absolute Gasteiger partial charge is 0.188 e. The Morgan fingerprint density at radius 3 is 1.62 bits per heavy atom. The van der Waals surface area contributed by atoms with Gasteiger partial charge in [-0.3, -0.25) is 9.69 Å². The molecule has 0 spiro atoms. The molecule has 0 aromatic heterocycles. The number of hydrogen-bond donors (Lipinski definition) is 0. The van der Waals surface area contributed by atoms with Crippen molar-refractivity contribution in [3.63, 3.8) is 0 Å². The van der Waals surface area contributed by atoms with E-state index in [2.05, 4.69) is 48.4 Å². The Morgan fingerprint density at radius 1 is 0.792 bits per heavy atom. The van der Waals surface area contributed by atoms with Gasteiger partial charge in [0.25, 0.3) is 0 Å². The van der Waals surface area contributed by atoms with Gasteiger partial charge < -0.3 is 0 Å². The summed E-state index contributed by atoms with van der Waals surface area (Å²) in [5.41, 5.74) is 4.05. The predicted octanol–water partition coefficient (Wildman–Crippen LogP) is 4.20. The molecule has 0 amide bonds. The number of carbonyl (C=O) groups excluding carboxylic acids is 1. The van der Waals surface area contributed by atoms with Crippen LogP contribution in [0.15, 0.2) is 71.8 Å². The molecule has 0 unspecified atom stereocenters. The fourth-order valence-corrected chi connectivity index (χ4v) is 3.94. The summed E-state index contributed by atoms with van der Waals surface area (Å²) in [4.78, 5) is 15.5. The molecule has 2 aliphatic rings. The van der Waals surface area contributed by atoms with E-state index in [9.17, 15) is 4.79 Å². The molecule has 24 heavy (non-hydrogen) atoms. The van der Waals surface area contributed by atoms with Crippen molar-refractivity contribution in [2.75, 3.05) is 7.05 Å². The molecule has 2 atom stereocenters. The van der Waals surface area contributed by atoms with Crippen LogP contribution in [0.2, 0.25) is 0 Å². The Labute approximate surface area is 143 Å². The fraction of sp³-hybridized carbons (Fsp3) is 0.227. The molecule has 2 aliphatic heterocycles. The fourth-order valence-electron chi connectivity index (χ4n) is 3.94. The molecular weight excluding hydrogens is 294 g/mol. The third-order valence-corrected chi connectivity index (χ3v) is 5.18. The zero-order valence-corrected chi connectivity index (χ0v) is 13.9. The van der Waals surface area contributed by atoms with Crippen molar-refractivity contribution < 1.29 is 4.79 Å². The zero-order chi connectivity index (χ0) is 16.5. The first kappa shape index (κ1) is 15.1. The minimum absolute atomic E-state index is 0.216. The summed E-state index contributed by atoms with van der Waals surface area (Å²) in [5.74, 6) is 0.216. The maximum absolute atomic E-state index is 13.2. The molecule has 0 aliphatic carbocycles. The predicted molar refractivity (Wildman–Crippen MR) is 98.4 cm³/mol. The lowest BCUT2D eigenvalue weighted by Crippen LogP contribution is -2.43. The Balaban J connectivity index is 1.78. The number of benzene rings is 2. The van der Waals surface area contributed by atoms with E-state index in [1.165, 1.54) is 0 Å². The second-order valence-corrected chi connectivity index (χ2v) is 6.62. The first-order chi connectivity index (χ1) is 11.7. The third kappa shape index (κ3) is 2.63.